The number of carbonyl (C=O) groups is 1. The molecule has 0 heterocycles. The lowest BCUT2D eigenvalue weighted by Crippen LogP contribution is -2.43. The zero-order valence-electron chi connectivity index (χ0n) is 17.0. The molecule has 0 atom stereocenters. The molecule has 5 heteroatoms. The van der Waals surface area contributed by atoms with Crippen molar-refractivity contribution < 1.29 is 14.3 Å². The van der Waals surface area contributed by atoms with Crippen molar-refractivity contribution in [2.75, 3.05) is 26.3 Å². The van der Waals surface area contributed by atoms with E-state index in [1.807, 2.05) is 13.8 Å². The number of rotatable bonds is 13. The molecule has 0 aromatic rings. The highest BCUT2D eigenvalue weighted by Gasteiger charge is 2.37. The van der Waals surface area contributed by atoms with Crippen LogP contribution >= 0.6 is 0 Å². The molecule has 0 aliphatic heterocycles. The third-order valence-corrected chi connectivity index (χ3v) is 4.97. The molecule has 0 saturated carbocycles. The normalized spacial score (nSPS) is 13.2. The van der Waals surface area contributed by atoms with Gasteiger partial charge >= 0.3 is 0 Å². The highest BCUT2D eigenvalue weighted by atomic mass is 16.5. The fourth-order valence-corrected chi connectivity index (χ4v) is 2.39. The van der Waals surface area contributed by atoms with E-state index in [2.05, 4.69) is 39.9 Å². The van der Waals surface area contributed by atoms with E-state index in [9.17, 15) is 4.79 Å². The predicted octanol–water partition coefficient (Wildman–Crippen LogP) is 3.26. The molecule has 5 nitrogen and oxygen atoms in total. The smallest absolute Gasteiger partial charge is 0.246 e. The van der Waals surface area contributed by atoms with Crippen LogP contribution in [0.15, 0.2) is 0 Å². The largest absolute Gasteiger partial charge is 0.375 e. The molecule has 0 aliphatic rings. The highest BCUT2D eigenvalue weighted by Crippen LogP contribution is 2.38. The van der Waals surface area contributed by atoms with Crippen molar-refractivity contribution in [3.05, 3.63) is 0 Å². The Hall–Kier alpha value is -0.650. The first-order valence-electron chi connectivity index (χ1n) is 9.22. The van der Waals surface area contributed by atoms with Gasteiger partial charge in [-0.15, -0.1) is 0 Å². The molecule has 0 bridgehead atoms. The Morgan fingerprint density at radius 1 is 1.04 bits per heavy atom. The molecule has 0 aromatic heterocycles. The van der Waals surface area contributed by atoms with Crippen LogP contribution in [0.1, 0.15) is 74.1 Å². The Bertz CT molecular complexity index is 366. The standard InChI is InChI=1S/C19H40N2O3/c1-8-10-17(2,3)19(6,7)23-14-11-18(4,5)24-15-16(22)21-13-9-12-20/h8-15,20H2,1-7H3,(H,21,22). The number of amides is 1. The molecule has 0 saturated heterocycles. The van der Waals surface area contributed by atoms with Crippen LogP contribution in [0.3, 0.4) is 0 Å². The highest BCUT2D eigenvalue weighted by molar-refractivity contribution is 5.77. The maximum atomic E-state index is 11.7. The van der Waals surface area contributed by atoms with Gasteiger partial charge in [-0.25, -0.2) is 0 Å². The van der Waals surface area contributed by atoms with Crippen LogP contribution < -0.4 is 11.1 Å². The number of hydrogen-bond donors (Lipinski definition) is 2. The summed E-state index contributed by atoms with van der Waals surface area (Å²) in [5.74, 6) is -0.0955. The first kappa shape index (κ1) is 23.4. The molecule has 1 amide bonds. The number of ether oxygens (including phenoxy) is 2. The second-order valence-corrected chi connectivity index (χ2v) is 8.28. The summed E-state index contributed by atoms with van der Waals surface area (Å²) in [6.45, 7) is 16.9. The van der Waals surface area contributed by atoms with Crippen LogP contribution in [-0.2, 0) is 14.3 Å². The van der Waals surface area contributed by atoms with E-state index in [0.29, 0.717) is 19.7 Å². The van der Waals surface area contributed by atoms with Crippen LogP contribution in [0.2, 0.25) is 0 Å². The Balaban J connectivity index is 4.21. The van der Waals surface area contributed by atoms with Gasteiger partial charge in [0.2, 0.25) is 5.91 Å². The Kier molecular flexibility index (Phi) is 10.1. The predicted molar refractivity (Wildman–Crippen MR) is 100 cm³/mol. The molecule has 0 rings (SSSR count). The summed E-state index contributed by atoms with van der Waals surface area (Å²) in [6, 6.07) is 0. The maximum absolute atomic E-state index is 11.7. The Morgan fingerprint density at radius 3 is 2.21 bits per heavy atom. The molecule has 24 heavy (non-hydrogen) atoms. The average Bonchev–Trinajstić information content (AvgIpc) is 2.45. The zero-order valence-corrected chi connectivity index (χ0v) is 17.0. The van der Waals surface area contributed by atoms with E-state index in [-0.39, 0.29) is 23.5 Å². The van der Waals surface area contributed by atoms with Crippen LogP contribution in [0.4, 0.5) is 0 Å². The average molecular weight is 345 g/mol. The van der Waals surface area contributed by atoms with Crippen LogP contribution in [0, 0.1) is 5.41 Å². The summed E-state index contributed by atoms with van der Waals surface area (Å²) < 4.78 is 11.9. The number of nitrogens with two attached hydrogens (primary N) is 1. The number of hydrogen-bond acceptors (Lipinski definition) is 4. The second-order valence-electron chi connectivity index (χ2n) is 8.28. The van der Waals surface area contributed by atoms with Crippen molar-refractivity contribution in [1.29, 1.82) is 0 Å². The van der Waals surface area contributed by atoms with E-state index >= 15 is 0 Å². The van der Waals surface area contributed by atoms with E-state index in [4.69, 9.17) is 15.2 Å². The molecular weight excluding hydrogens is 304 g/mol. The monoisotopic (exact) mass is 344 g/mol. The third-order valence-electron chi connectivity index (χ3n) is 4.97. The van der Waals surface area contributed by atoms with Crippen molar-refractivity contribution in [1.82, 2.24) is 5.32 Å². The number of nitrogens with one attached hydrogen (secondary N) is 1. The van der Waals surface area contributed by atoms with Crippen molar-refractivity contribution in [2.45, 2.75) is 85.4 Å². The van der Waals surface area contributed by atoms with E-state index < -0.39 is 5.60 Å². The first-order valence-corrected chi connectivity index (χ1v) is 9.22. The van der Waals surface area contributed by atoms with Gasteiger partial charge in [0.05, 0.1) is 17.8 Å². The maximum Gasteiger partial charge on any atom is 0.246 e. The van der Waals surface area contributed by atoms with Gasteiger partial charge in [-0.05, 0) is 58.9 Å². The molecule has 0 aromatic carbocycles. The lowest BCUT2D eigenvalue weighted by Gasteiger charge is -2.42. The van der Waals surface area contributed by atoms with Gasteiger partial charge in [0.15, 0.2) is 0 Å². The first-order chi connectivity index (χ1) is 11.0. The fraction of sp³-hybridized carbons (Fsp3) is 0.947. The zero-order chi connectivity index (χ0) is 18.9. The van der Waals surface area contributed by atoms with Crippen LogP contribution in [0.25, 0.3) is 0 Å². The van der Waals surface area contributed by atoms with Gasteiger partial charge in [0.25, 0.3) is 0 Å². The van der Waals surface area contributed by atoms with Crippen LogP contribution in [-0.4, -0.2) is 43.4 Å². The minimum Gasteiger partial charge on any atom is -0.375 e. The fourth-order valence-electron chi connectivity index (χ4n) is 2.39. The molecule has 3 N–H and O–H groups in total. The second kappa shape index (κ2) is 10.4. The van der Waals surface area contributed by atoms with Gasteiger partial charge in [-0.3, -0.25) is 4.79 Å². The van der Waals surface area contributed by atoms with Crippen LogP contribution in [0.5, 0.6) is 0 Å². The van der Waals surface area contributed by atoms with Gasteiger partial charge in [-0.1, -0.05) is 27.2 Å². The van der Waals surface area contributed by atoms with E-state index in [1.165, 1.54) is 0 Å². The lowest BCUT2D eigenvalue weighted by molar-refractivity contribution is -0.138. The molecule has 0 radical (unpaired) electrons. The Morgan fingerprint density at radius 2 is 1.67 bits per heavy atom. The summed E-state index contributed by atoms with van der Waals surface area (Å²) in [4.78, 5) is 11.7. The van der Waals surface area contributed by atoms with Gasteiger partial charge in [0, 0.05) is 6.54 Å². The van der Waals surface area contributed by atoms with Crippen molar-refractivity contribution in [3.8, 4) is 0 Å². The van der Waals surface area contributed by atoms with Crippen molar-refractivity contribution in [2.24, 2.45) is 11.1 Å². The van der Waals surface area contributed by atoms with Crippen molar-refractivity contribution in [3.63, 3.8) is 0 Å². The molecule has 144 valence electrons. The molecule has 0 aliphatic carbocycles. The van der Waals surface area contributed by atoms with E-state index in [1.54, 1.807) is 0 Å². The SMILES string of the molecule is CCCC(C)(C)C(C)(C)OCCC(C)(C)OCC(=O)NCCCN. The van der Waals surface area contributed by atoms with Gasteiger partial charge in [0.1, 0.15) is 6.61 Å². The lowest BCUT2D eigenvalue weighted by atomic mass is 9.74. The topological polar surface area (TPSA) is 73.6 Å². The summed E-state index contributed by atoms with van der Waals surface area (Å²) in [7, 11) is 0. The molecule has 0 spiro atoms. The van der Waals surface area contributed by atoms with Gasteiger partial charge in [-0.2, -0.15) is 0 Å². The summed E-state index contributed by atoms with van der Waals surface area (Å²) in [6.07, 6.45) is 3.80. The molecular formula is C19H40N2O3. The summed E-state index contributed by atoms with van der Waals surface area (Å²) in [5.41, 5.74) is 4.93. The minimum atomic E-state index is -0.393. The van der Waals surface area contributed by atoms with E-state index in [0.717, 1.165) is 25.7 Å². The van der Waals surface area contributed by atoms with Gasteiger partial charge < -0.3 is 20.5 Å². The van der Waals surface area contributed by atoms with Crippen molar-refractivity contribution >= 4 is 5.91 Å². The summed E-state index contributed by atoms with van der Waals surface area (Å²) in [5, 5.41) is 2.80. The third kappa shape index (κ3) is 9.00. The molecule has 0 unspecified atom stereocenters. The quantitative estimate of drug-likeness (QED) is 0.503. The number of carbonyl (C=O) groups excluding carboxylic acids is 1. The summed E-state index contributed by atoms with van der Waals surface area (Å²) >= 11 is 0. The Labute approximate surface area is 149 Å². The minimum absolute atomic E-state index is 0.0717. The molecule has 0 fully saturated rings.